The van der Waals surface area contributed by atoms with Gasteiger partial charge in [0.1, 0.15) is 0 Å². The topological polar surface area (TPSA) is 61.8 Å². The summed E-state index contributed by atoms with van der Waals surface area (Å²) in [5.74, 6) is -0.568. The van der Waals surface area contributed by atoms with Crippen molar-refractivity contribution in [1.29, 1.82) is 0 Å². The molecule has 26 heavy (non-hydrogen) atoms. The van der Waals surface area contributed by atoms with E-state index in [9.17, 15) is 9.59 Å². The van der Waals surface area contributed by atoms with Crippen LogP contribution < -0.4 is 10.2 Å². The second-order valence-electron chi connectivity index (χ2n) is 5.65. The fraction of sp³-hybridized carbons (Fsp3) is 0.0556. The molecule has 0 aromatic heterocycles. The molecule has 0 radical (unpaired) electrons. The van der Waals surface area contributed by atoms with E-state index in [4.69, 9.17) is 23.2 Å². The zero-order chi connectivity index (χ0) is 18.4. The van der Waals surface area contributed by atoms with Gasteiger partial charge in [-0.25, -0.2) is 4.99 Å². The van der Waals surface area contributed by atoms with Crippen LogP contribution in [0.25, 0.3) is 5.57 Å². The van der Waals surface area contributed by atoms with E-state index in [0.29, 0.717) is 31.4 Å². The number of carbonyl (C=O) groups excluding carboxylic acids is 2. The van der Waals surface area contributed by atoms with Crippen LogP contribution in [-0.4, -0.2) is 24.0 Å². The highest BCUT2D eigenvalue weighted by Gasteiger charge is 2.37. The summed E-state index contributed by atoms with van der Waals surface area (Å²) in [5.41, 5.74) is 2.39. The molecule has 2 aliphatic heterocycles. The van der Waals surface area contributed by atoms with Gasteiger partial charge < -0.3 is 10.2 Å². The number of carbonyl (C=O) groups is 2. The SMILES string of the molecule is CN1C(=O)C(=C2SC(=Nc3ccc(Cl)cc3Cl)NC2=O)c2ccccc21. The van der Waals surface area contributed by atoms with Crippen LogP contribution in [0.5, 0.6) is 0 Å². The highest BCUT2D eigenvalue weighted by molar-refractivity contribution is 8.18. The van der Waals surface area contributed by atoms with Gasteiger partial charge in [0.05, 0.1) is 26.9 Å². The van der Waals surface area contributed by atoms with Gasteiger partial charge in [0.25, 0.3) is 11.8 Å². The number of hydrogen-bond acceptors (Lipinski definition) is 4. The first kappa shape index (κ1) is 17.1. The number of para-hydroxylation sites is 1. The first-order valence-electron chi connectivity index (χ1n) is 7.60. The lowest BCUT2D eigenvalue weighted by molar-refractivity contribution is -0.116. The maximum Gasteiger partial charge on any atom is 0.264 e. The van der Waals surface area contributed by atoms with Crippen molar-refractivity contribution in [2.75, 3.05) is 11.9 Å². The fourth-order valence-electron chi connectivity index (χ4n) is 2.81. The van der Waals surface area contributed by atoms with Gasteiger partial charge in [-0.15, -0.1) is 0 Å². The lowest BCUT2D eigenvalue weighted by Crippen LogP contribution is -2.23. The van der Waals surface area contributed by atoms with Crippen molar-refractivity contribution in [3.05, 3.63) is 63.0 Å². The van der Waals surface area contributed by atoms with Gasteiger partial charge in [-0.1, -0.05) is 41.4 Å². The molecule has 1 N–H and O–H groups in total. The van der Waals surface area contributed by atoms with Crippen molar-refractivity contribution in [2.24, 2.45) is 4.99 Å². The molecule has 2 aliphatic rings. The third-order valence-corrected chi connectivity index (χ3v) is 5.56. The van der Waals surface area contributed by atoms with Crippen LogP contribution in [0.2, 0.25) is 10.0 Å². The first-order valence-corrected chi connectivity index (χ1v) is 9.17. The number of benzene rings is 2. The van der Waals surface area contributed by atoms with Crippen LogP contribution in [0.3, 0.4) is 0 Å². The normalized spacial score (nSPS) is 20.7. The molecule has 2 aromatic carbocycles. The molecule has 0 saturated carbocycles. The third kappa shape index (κ3) is 2.80. The molecule has 0 spiro atoms. The van der Waals surface area contributed by atoms with Crippen molar-refractivity contribution in [1.82, 2.24) is 5.32 Å². The van der Waals surface area contributed by atoms with E-state index in [0.717, 1.165) is 23.0 Å². The van der Waals surface area contributed by atoms with Crippen molar-refractivity contribution < 1.29 is 9.59 Å². The maximum absolute atomic E-state index is 12.7. The first-order chi connectivity index (χ1) is 12.5. The van der Waals surface area contributed by atoms with Gasteiger partial charge in [-0.05, 0) is 36.0 Å². The minimum absolute atomic E-state index is 0.213. The van der Waals surface area contributed by atoms with Gasteiger partial charge >= 0.3 is 0 Å². The van der Waals surface area contributed by atoms with Crippen LogP contribution in [0.4, 0.5) is 11.4 Å². The summed E-state index contributed by atoms with van der Waals surface area (Å²) in [6.07, 6.45) is 0. The number of hydrogen-bond donors (Lipinski definition) is 1. The number of likely N-dealkylation sites (N-methyl/N-ethyl adjacent to an activating group) is 1. The molecule has 0 unspecified atom stereocenters. The molecular formula is C18H11Cl2N3O2S. The van der Waals surface area contributed by atoms with Crippen LogP contribution in [0, 0.1) is 0 Å². The number of nitrogens with one attached hydrogen (secondary N) is 1. The van der Waals surface area contributed by atoms with Gasteiger partial charge in [-0.3, -0.25) is 9.59 Å². The number of thioether (sulfide) groups is 1. The summed E-state index contributed by atoms with van der Waals surface area (Å²) in [6, 6.07) is 12.3. The third-order valence-electron chi connectivity index (χ3n) is 4.04. The van der Waals surface area contributed by atoms with Gasteiger partial charge in [0.15, 0.2) is 5.17 Å². The average Bonchev–Trinajstić information content (AvgIpc) is 3.08. The Morgan fingerprint density at radius 2 is 1.88 bits per heavy atom. The summed E-state index contributed by atoms with van der Waals surface area (Å²) < 4.78 is 0. The van der Waals surface area contributed by atoms with E-state index >= 15 is 0 Å². The summed E-state index contributed by atoms with van der Waals surface area (Å²) in [5, 5.41) is 3.93. The Labute approximate surface area is 163 Å². The summed E-state index contributed by atoms with van der Waals surface area (Å²) in [7, 11) is 1.69. The standard InChI is InChI=1S/C18H11Cl2N3O2S/c1-23-13-5-3-2-4-10(13)14(17(23)25)15-16(24)22-18(26-15)21-12-7-6-9(19)8-11(12)20/h2-8H,1H3,(H,21,22,24). The van der Waals surface area contributed by atoms with Crippen LogP contribution in [-0.2, 0) is 9.59 Å². The van der Waals surface area contributed by atoms with E-state index in [1.54, 1.807) is 25.2 Å². The molecule has 2 amide bonds. The second kappa shape index (κ2) is 6.46. The van der Waals surface area contributed by atoms with E-state index in [2.05, 4.69) is 10.3 Å². The minimum Gasteiger partial charge on any atom is -0.311 e. The number of amidine groups is 1. The number of anilines is 1. The second-order valence-corrected chi connectivity index (χ2v) is 7.50. The lowest BCUT2D eigenvalue weighted by atomic mass is 10.1. The molecule has 2 heterocycles. The Kier molecular flexibility index (Phi) is 4.26. The van der Waals surface area contributed by atoms with Gasteiger partial charge in [0, 0.05) is 17.6 Å². The molecule has 5 nitrogen and oxygen atoms in total. The Balaban J connectivity index is 1.76. The van der Waals surface area contributed by atoms with E-state index in [-0.39, 0.29) is 11.8 Å². The molecule has 8 heteroatoms. The summed E-state index contributed by atoms with van der Waals surface area (Å²) in [4.78, 5) is 31.4. The van der Waals surface area contributed by atoms with Crippen molar-refractivity contribution >= 4 is 68.9 Å². The number of halogens is 2. The van der Waals surface area contributed by atoms with Crippen molar-refractivity contribution in [2.45, 2.75) is 0 Å². The zero-order valence-electron chi connectivity index (χ0n) is 13.4. The molecule has 0 aliphatic carbocycles. The van der Waals surface area contributed by atoms with Gasteiger partial charge in [-0.2, -0.15) is 0 Å². The van der Waals surface area contributed by atoms with Crippen LogP contribution in [0.15, 0.2) is 52.4 Å². The van der Waals surface area contributed by atoms with E-state index in [1.165, 1.54) is 4.90 Å². The molecular weight excluding hydrogens is 393 g/mol. The largest absolute Gasteiger partial charge is 0.311 e. The molecule has 1 fully saturated rings. The Morgan fingerprint density at radius 1 is 1.12 bits per heavy atom. The highest BCUT2D eigenvalue weighted by Crippen LogP contribution is 2.42. The zero-order valence-corrected chi connectivity index (χ0v) is 15.7. The highest BCUT2D eigenvalue weighted by atomic mass is 35.5. The smallest absolute Gasteiger partial charge is 0.264 e. The quantitative estimate of drug-likeness (QED) is 0.724. The average molecular weight is 404 g/mol. The summed E-state index contributed by atoms with van der Waals surface area (Å²) in [6.45, 7) is 0. The number of nitrogens with zero attached hydrogens (tertiary/aromatic N) is 2. The maximum atomic E-state index is 12.7. The number of rotatable bonds is 1. The summed E-state index contributed by atoms with van der Waals surface area (Å²) >= 11 is 13.1. The lowest BCUT2D eigenvalue weighted by Gasteiger charge is -2.08. The molecule has 2 aromatic rings. The number of aliphatic imine (C=N–C) groups is 1. The minimum atomic E-state index is -0.354. The van der Waals surface area contributed by atoms with Crippen molar-refractivity contribution in [3.63, 3.8) is 0 Å². The predicted octanol–water partition coefficient (Wildman–Crippen LogP) is 4.23. The number of fused-ring (bicyclic) bond motifs is 1. The molecule has 0 bridgehead atoms. The Hall–Kier alpha value is -2.28. The van der Waals surface area contributed by atoms with Gasteiger partial charge in [0.2, 0.25) is 0 Å². The Bertz CT molecular complexity index is 1030. The Morgan fingerprint density at radius 3 is 2.65 bits per heavy atom. The molecule has 4 rings (SSSR count). The van der Waals surface area contributed by atoms with Crippen LogP contribution in [0.1, 0.15) is 5.56 Å². The monoisotopic (exact) mass is 403 g/mol. The van der Waals surface area contributed by atoms with Crippen LogP contribution >= 0.6 is 35.0 Å². The molecule has 130 valence electrons. The van der Waals surface area contributed by atoms with Crippen molar-refractivity contribution in [3.8, 4) is 0 Å². The fourth-order valence-corrected chi connectivity index (χ4v) is 4.18. The number of amides is 2. The van der Waals surface area contributed by atoms with E-state index in [1.807, 2.05) is 24.3 Å². The molecule has 0 atom stereocenters. The molecule has 1 saturated heterocycles. The predicted molar refractivity (Wildman–Crippen MR) is 106 cm³/mol. The van der Waals surface area contributed by atoms with E-state index < -0.39 is 0 Å².